The van der Waals surface area contributed by atoms with Crippen LogP contribution in [0, 0.1) is 0 Å². The molecule has 0 bridgehead atoms. The summed E-state index contributed by atoms with van der Waals surface area (Å²) in [6.45, 7) is 2.24. The highest BCUT2D eigenvalue weighted by Crippen LogP contribution is 2.35. The number of fused-ring (bicyclic) bond motifs is 1. The molecule has 0 saturated heterocycles. The van der Waals surface area contributed by atoms with Crippen molar-refractivity contribution in [3.63, 3.8) is 0 Å². The van der Waals surface area contributed by atoms with E-state index in [4.69, 9.17) is 11.6 Å². The van der Waals surface area contributed by atoms with Crippen LogP contribution in [0.15, 0.2) is 30.5 Å². The van der Waals surface area contributed by atoms with Crippen molar-refractivity contribution in [1.29, 1.82) is 0 Å². The van der Waals surface area contributed by atoms with Crippen molar-refractivity contribution < 1.29 is 35.0 Å². The smallest absolute Gasteiger partial charge is 0.374 e. The van der Waals surface area contributed by atoms with Gasteiger partial charge in [0.1, 0.15) is 5.83 Å². The van der Waals surface area contributed by atoms with Gasteiger partial charge < -0.3 is 9.08 Å². The van der Waals surface area contributed by atoms with Crippen molar-refractivity contribution in [2.24, 2.45) is 0 Å². The Balaban J connectivity index is 1.68. The third kappa shape index (κ3) is 7.42. The van der Waals surface area contributed by atoms with Crippen molar-refractivity contribution in [2.45, 2.75) is 37.7 Å². The first kappa shape index (κ1) is 28.9. The van der Waals surface area contributed by atoms with Gasteiger partial charge in [0, 0.05) is 39.8 Å². The number of rotatable bonds is 9. The van der Waals surface area contributed by atoms with E-state index in [1.54, 1.807) is 31.3 Å². The predicted molar refractivity (Wildman–Crippen MR) is 132 cm³/mol. The van der Waals surface area contributed by atoms with Crippen LogP contribution in [0.4, 0.5) is 17.6 Å². The number of hydrogen-bond donors (Lipinski definition) is 0. The Morgan fingerprint density at radius 3 is 2.65 bits per heavy atom. The summed E-state index contributed by atoms with van der Waals surface area (Å²) in [7, 11) is -2.47. The fourth-order valence-corrected chi connectivity index (χ4v) is 4.47. The van der Waals surface area contributed by atoms with Gasteiger partial charge in [-0.2, -0.15) is 21.6 Å². The molecule has 0 unspecified atom stereocenters. The van der Waals surface area contributed by atoms with Gasteiger partial charge in [-0.05, 0) is 60.7 Å². The molecule has 2 aromatic rings. The van der Waals surface area contributed by atoms with Gasteiger partial charge in [0.05, 0.1) is 10.7 Å². The molecule has 0 fully saturated rings. The minimum absolute atomic E-state index is 0.0136. The Bertz CT molecular complexity index is 1280. The molecule has 0 aliphatic carbocycles. The number of aromatic nitrogens is 1. The Labute approximate surface area is 217 Å². The molecule has 0 atom stereocenters. The lowest BCUT2D eigenvalue weighted by Crippen LogP contribution is -2.31. The van der Waals surface area contributed by atoms with Gasteiger partial charge in [-0.25, -0.2) is 4.39 Å². The third-order valence-electron chi connectivity index (χ3n) is 5.79. The summed E-state index contributed by atoms with van der Waals surface area (Å²) in [6.07, 6.45) is 5.39. The van der Waals surface area contributed by atoms with Crippen LogP contribution in [0.3, 0.4) is 0 Å². The van der Waals surface area contributed by atoms with Gasteiger partial charge in [-0.1, -0.05) is 23.7 Å². The van der Waals surface area contributed by atoms with Crippen molar-refractivity contribution in [3.05, 3.63) is 57.9 Å². The molecule has 0 saturated carbocycles. The summed E-state index contributed by atoms with van der Waals surface area (Å²) < 4.78 is 79.5. The van der Waals surface area contributed by atoms with E-state index in [1.807, 2.05) is 0 Å². The van der Waals surface area contributed by atoms with Gasteiger partial charge in [0.25, 0.3) is 0 Å². The monoisotopic (exact) mass is 563 g/mol. The van der Waals surface area contributed by atoms with Crippen LogP contribution in [0.2, 0.25) is 5.02 Å². The predicted octanol–water partition coefficient (Wildman–Crippen LogP) is 5.05. The number of carbonyl (C=O) groups is 1. The fraction of sp³-hybridized carbons (Fsp3) is 0.417. The van der Waals surface area contributed by atoms with E-state index in [9.17, 15) is 30.8 Å². The lowest BCUT2D eigenvalue weighted by molar-refractivity contribution is -0.128. The lowest BCUT2D eigenvalue weighted by atomic mass is 10.00. The highest BCUT2D eigenvalue weighted by molar-refractivity contribution is 7.88. The Hall–Kier alpha value is -2.70. The maximum atomic E-state index is 15.0. The molecule has 202 valence electrons. The summed E-state index contributed by atoms with van der Waals surface area (Å²) in [5, 5.41) is -0.494. The van der Waals surface area contributed by atoms with Crippen molar-refractivity contribution >= 4 is 39.5 Å². The third-order valence-corrected chi connectivity index (χ3v) is 7.16. The van der Waals surface area contributed by atoms with E-state index in [0.29, 0.717) is 19.4 Å². The zero-order chi connectivity index (χ0) is 27.4. The SMILES string of the molecule is CN(C)C(=O)CCCCN1CCc2cc(/C(F)=C/c3cccc(OS(=O)(=O)C(F)(F)F)c3Cl)ncc2C1. The molecule has 37 heavy (non-hydrogen) atoms. The summed E-state index contributed by atoms with van der Waals surface area (Å²) in [5.41, 5.74) is -3.82. The Morgan fingerprint density at radius 1 is 1.24 bits per heavy atom. The number of amides is 1. The highest BCUT2D eigenvalue weighted by atomic mass is 35.5. The summed E-state index contributed by atoms with van der Waals surface area (Å²) in [6, 6.07) is 5.04. The molecule has 1 aliphatic heterocycles. The average Bonchev–Trinajstić information content (AvgIpc) is 2.82. The number of hydrogen-bond acceptors (Lipinski definition) is 6. The molecule has 2 heterocycles. The molecule has 1 aliphatic rings. The first-order chi connectivity index (χ1) is 17.3. The van der Waals surface area contributed by atoms with E-state index in [-0.39, 0.29) is 17.2 Å². The number of alkyl halides is 3. The quantitative estimate of drug-likeness (QED) is 0.184. The number of nitrogens with zero attached hydrogens (tertiary/aromatic N) is 3. The van der Waals surface area contributed by atoms with E-state index >= 15 is 0 Å². The maximum absolute atomic E-state index is 15.0. The number of halogens is 5. The molecule has 1 amide bonds. The van der Waals surface area contributed by atoms with Crippen molar-refractivity contribution in [3.8, 4) is 5.75 Å². The Morgan fingerprint density at radius 2 is 1.97 bits per heavy atom. The second kappa shape index (κ2) is 11.8. The normalized spacial score (nSPS) is 14.8. The molecular weight excluding hydrogens is 538 g/mol. The first-order valence-corrected chi connectivity index (χ1v) is 13.1. The van der Waals surface area contributed by atoms with E-state index in [2.05, 4.69) is 14.1 Å². The molecule has 1 aromatic heterocycles. The topological polar surface area (TPSA) is 79.8 Å². The molecular formula is C24H26ClF4N3O4S. The van der Waals surface area contributed by atoms with Crippen molar-refractivity contribution in [1.82, 2.24) is 14.8 Å². The largest absolute Gasteiger partial charge is 0.534 e. The number of carbonyl (C=O) groups excluding carboxylic acids is 1. The summed E-state index contributed by atoms with van der Waals surface area (Å²) in [5.74, 6) is -1.47. The van der Waals surface area contributed by atoms with Crippen LogP contribution in [-0.2, 0) is 27.9 Å². The van der Waals surface area contributed by atoms with E-state index in [1.165, 1.54) is 12.1 Å². The summed E-state index contributed by atoms with van der Waals surface area (Å²) >= 11 is 6.00. The molecule has 0 radical (unpaired) electrons. The zero-order valence-electron chi connectivity index (χ0n) is 20.2. The second-order valence-electron chi connectivity index (χ2n) is 8.74. The molecule has 13 heteroatoms. The van der Waals surface area contributed by atoms with Crippen LogP contribution >= 0.6 is 11.6 Å². The van der Waals surface area contributed by atoms with Gasteiger partial charge in [0.15, 0.2) is 5.75 Å². The standard InChI is InChI=1S/C24H26ClF4N3O4S/c1-31(2)22(33)8-3-4-10-32-11-9-16-13-20(30-14-18(16)15-32)19(26)12-17-6-5-7-21(23(17)25)36-37(34,35)24(27,28)29/h5-7,12-14H,3-4,8-11,15H2,1-2H3/b19-12-. The van der Waals surface area contributed by atoms with E-state index in [0.717, 1.165) is 49.2 Å². The zero-order valence-corrected chi connectivity index (χ0v) is 21.8. The van der Waals surface area contributed by atoms with Gasteiger partial charge in [-0.15, -0.1) is 0 Å². The first-order valence-electron chi connectivity index (χ1n) is 11.4. The van der Waals surface area contributed by atoms with Crippen LogP contribution < -0.4 is 4.18 Å². The molecule has 1 aromatic carbocycles. The molecule has 0 spiro atoms. The minimum atomic E-state index is -5.93. The number of benzene rings is 1. The van der Waals surface area contributed by atoms with Crippen LogP contribution in [0.25, 0.3) is 11.9 Å². The van der Waals surface area contributed by atoms with Crippen LogP contribution in [0.5, 0.6) is 5.75 Å². The number of unbranched alkanes of at least 4 members (excludes halogenated alkanes) is 1. The van der Waals surface area contributed by atoms with Gasteiger partial charge in [-0.3, -0.25) is 14.7 Å². The Kier molecular flexibility index (Phi) is 9.19. The average molecular weight is 564 g/mol. The number of pyridine rings is 1. The lowest BCUT2D eigenvalue weighted by Gasteiger charge is -2.28. The van der Waals surface area contributed by atoms with Gasteiger partial charge in [0.2, 0.25) is 5.91 Å². The van der Waals surface area contributed by atoms with E-state index < -0.39 is 32.2 Å². The van der Waals surface area contributed by atoms with Crippen molar-refractivity contribution in [2.75, 3.05) is 27.2 Å². The van der Waals surface area contributed by atoms with Crippen LogP contribution in [-0.4, -0.2) is 61.8 Å². The second-order valence-corrected chi connectivity index (χ2v) is 10.7. The fourth-order valence-electron chi connectivity index (χ4n) is 3.74. The highest BCUT2D eigenvalue weighted by Gasteiger charge is 2.48. The van der Waals surface area contributed by atoms with Crippen LogP contribution in [0.1, 0.15) is 41.6 Å². The molecule has 3 rings (SSSR count). The summed E-state index contributed by atoms with van der Waals surface area (Å²) in [4.78, 5) is 19.7. The molecule has 0 N–H and O–H groups in total. The molecule has 7 nitrogen and oxygen atoms in total. The van der Waals surface area contributed by atoms with Gasteiger partial charge >= 0.3 is 15.6 Å². The maximum Gasteiger partial charge on any atom is 0.534 e. The minimum Gasteiger partial charge on any atom is -0.374 e.